The molecule has 0 unspecified atom stereocenters. The van der Waals surface area contributed by atoms with Crippen molar-refractivity contribution in [1.29, 1.82) is 0 Å². The second-order valence-corrected chi connectivity index (χ2v) is 9.16. The van der Waals surface area contributed by atoms with Crippen LogP contribution in [0, 0.1) is 6.92 Å². The third-order valence-electron chi connectivity index (χ3n) is 4.59. The van der Waals surface area contributed by atoms with E-state index in [0.29, 0.717) is 24.5 Å². The summed E-state index contributed by atoms with van der Waals surface area (Å²) in [7, 11) is -3.47. The van der Waals surface area contributed by atoms with Crippen molar-refractivity contribution in [2.75, 3.05) is 24.7 Å². The molecule has 0 bridgehead atoms. The number of amides is 1. The Hall–Kier alpha value is -2.97. The molecule has 0 fully saturated rings. The van der Waals surface area contributed by atoms with E-state index in [9.17, 15) is 13.2 Å². The Kier molecular flexibility index (Phi) is 6.69. The number of carbonyl (C=O) groups excluding carboxylic acids is 1. The normalized spacial score (nSPS) is 11.6. The first-order valence-electron chi connectivity index (χ1n) is 9.75. The molecule has 0 aliphatic rings. The summed E-state index contributed by atoms with van der Waals surface area (Å²) in [6.07, 6.45) is 1.74. The SMILES string of the molecule is CCCN(CC(=O)Nc1cc(-c2ccccc2)nn1-c1ccc(C)cc1)S(C)(=O)=O. The van der Waals surface area contributed by atoms with Gasteiger partial charge >= 0.3 is 0 Å². The monoisotopic (exact) mass is 426 g/mol. The quantitative estimate of drug-likeness (QED) is 0.598. The molecule has 0 spiro atoms. The number of benzene rings is 2. The molecule has 2 aromatic carbocycles. The largest absolute Gasteiger partial charge is 0.309 e. The van der Waals surface area contributed by atoms with Crippen molar-refractivity contribution in [2.24, 2.45) is 0 Å². The zero-order valence-corrected chi connectivity index (χ0v) is 18.2. The molecule has 0 saturated heterocycles. The van der Waals surface area contributed by atoms with Crippen LogP contribution in [0.3, 0.4) is 0 Å². The van der Waals surface area contributed by atoms with Crippen molar-refractivity contribution in [3.05, 3.63) is 66.2 Å². The Morgan fingerprint density at radius 1 is 1.10 bits per heavy atom. The van der Waals surface area contributed by atoms with Gasteiger partial charge in [-0.2, -0.15) is 9.40 Å². The average molecular weight is 427 g/mol. The molecule has 30 heavy (non-hydrogen) atoms. The zero-order chi connectivity index (χ0) is 21.7. The first-order chi connectivity index (χ1) is 14.3. The minimum atomic E-state index is -3.47. The predicted molar refractivity (Wildman–Crippen MR) is 119 cm³/mol. The third-order valence-corrected chi connectivity index (χ3v) is 5.84. The lowest BCUT2D eigenvalue weighted by Gasteiger charge is -2.18. The lowest BCUT2D eigenvalue weighted by Crippen LogP contribution is -2.38. The Labute approximate surface area is 177 Å². The average Bonchev–Trinajstić information content (AvgIpc) is 3.12. The maximum absolute atomic E-state index is 12.7. The van der Waals surface area contributed by atoms with Gasteiger partial charge in [0.15, 0.2) is 0 Å². The van der Waals surface area contributed by atoms with Crippen LogP contribution in [0.15, 0.2) is 60.7 Å². The molecule has 3 aromatic rings. The summed E-state index contributed by atoms with van der Waals surface area (Å²) in [6.45, 7) is 3.91. The Balaban J connectivity index is 1.93. The molecule has 0 radical (unpaired) electrons. The fourth-order valence-electron chi connectivity index (χ4n) is 3.06. The van der Waals surface area contributed by atoms with Gasteiger partial charge in [0, 0.05) is 18.2 Å². The lowest BCUT2D eigenvalue weighted by atomic mass is 10.1. The standard InChI is InChI=1S/C22H26N4O3S/c1-4-14-25(30(3,28)29)16-22(27)23-21-15-20(18-8-6-5-7-9-18)24-26(21)19-12-10-17(2)11-13-19/h5-13,15H,4,14,16H2,1-3H3,(H,23,27). The van der Waals surface area contributed by atoms with Crippen molar-refractivity contribution in [3.63, 3.8) is 0 Å². The maximum atomic E-state index is 12.7. The van der Waals surface area contributed by atoms with E-state index in [1.807, 2.05) is 68.4 Å². The first kappa shape index (κ1) is 21.7. The van der Waals surface area contributed by atoms with E-state index in [1.54, 1.807) is 10.7 Å². The van der Waals surface area contributed by atoms with E-state index in [-0.39, 0.29) is 6.54 Å². The fourth-order valence-corrected chi connectivity index (χ4v) is 3.92. The molecule has 158 valence electrons. The van der Waals surface area contributed by atoms with Crippen LogP contribution in [-0.4, -0.2) is 47.8 Å². The predicted octanol–water partition coefficient (Wildman–Crippen LogP) is 3.46. The lowest BCUT2D eigenvalue weighted by molar-refractivity contribution is -0.116. The van der Waals surface area contributed by atoms with Gasteiger partial charge in [-0.25, -0.2) is 13.1 Å². The van der Waals surface area contributed by atoms with E-state index in [2.05, 4.69) is 10.4 Å². The van der Waals surface area contributed by atoms with Gasteiger partial charge in [-0.3, -0.25) is 4.79 Å². The van der Waals surface area contributed by atoms with E-state index < -0.39 is 15.9 Å². The van der Waals surface area contributed by atoms with Gasteiger partial charge in [-0.15, -0.1) is 0 Å². The molecule has 0 aliphatic carbocycles. The summed E-state index contributed by atoms with van der Waals surface area (Å²) in [5.74, 6) is 0.0643. The van der Waals surface area contributed by atoms with E-state index >= 15 is 0 Å². The van der Waals surface area contributed by atoms with Crippen molar-refractivity contribution < 1.29 is 13.2 Å². The number of carbonyl (C=O) groups is 1. The molecule has 1 heterocycles. The van der Waals surface area contributed by atoms with E-state index in [4.69, 9.17) is 0 Å². The summed E-state index contributed by atoms with van der Waals surface area (Å²) in [6, 6.07) is 19.2. The van der Waals surface area contributed by atoms with Crippen LogP contribution in [0.4, 0.5) is 5.82 Å². The summed E-state index contributed by atoms with van der Waals surface area (Å²) in [5, 5.41) is 7.50. The second kappa shape index (κ2) is 9.23. The number of aryl methyl sites for hydroxylation is 1. The van der Waals surface area contributed by atoms with Crippen LogP contribution >= 0.6 is 0 Å². The minimum Gasteiger partial charge on any atom is -0.309 e. The highest BCUT2D eigenvalue weighted by Crippen LogP contribution is 2.25. The molecule has 0 atom stereocenters. The number of nitrogens with zero attached hydrogens (tertiary/aromatic N) is 3. The van der Waals surface area contributed by atoms with Gasteiger partial charge in [0.05, 0.1) is 24.2 Å². The van der Waals surface area contributed by atoms with Gasteiger partial charge < -0.3 is 5.32 Å². The smallest absolute Gasteiger partial charge is 0.240 e. The fraction of sp³-hybridized carbons (Fsp3) is 0.273. The number of nitrogens with one attached hydrogen (secondary N) is 1. The molecule has 1 N–H and O–H groups in total. The summed E-state index contributed by atoms with van der Waals surface area (Å²) >= 11 is 0. The Bertz CT molecular complexity index is 1110. The highest BCUT2D eigenvalue weighted by atomic mass is 32.2. The Morgan fingerprint density at radius 2 is 1.77 bits per heavy atom. The van der Waals surface area contributed by atoms with Crippen molar-refractivity contribution in [2.45, 2.75) is 20.3 Å². The van der Waals surface area contributed by atoms with Crippen LogP contribution in [0.5, 0.6) is 0 Å². The van der Waals surface area contributed by atoms with Crippen molar-refractivity contribution in [1.82, 2.24) is 14.1 Å². The van der Waals surface area contributed by atoms with Crippen LogP contribution in [0.25, 0.3) is 16.9 Å². The molecule has 0 saturated carbocycles. The second-order valence-electron chi connectivity index (χ2n) is 7.17. The van der Waals surface area contributed by atoms with Crippen molar-refractivity contribution in [3.8, 4) is 16.9 Å². The molecule has 1 amide bonds. The van der Waals surface area contributed by atoms with E-state index in [1.165, 1.54) is 4.31 Å². The molecule has 0 aliphatic heterocycles. The third kappa shape index (κ3) is 5.34. The Morgan fingerprint density at radius 3 is 2.37 bits per heavy atom. The molecule has 8 heteroatoms. The highest BCUT2D eigenvalue weighted by molar-refractivity contribution is 7.88. The summed E-state index contributed by atoms with van der Waals surface area (Å²) in [4.78, 5) is 12.7. The molecule has 7 nitrogen and oxygen atoms in total. The van der Waals surface area contributed by atoms with E-state index in [0.717, 1.165) is 23.1 Å². The molecule has 3 rings (SSSR count). The molecular weight excluding hydrogens is 400 g/mol. The highest BCUT2D eigenvalue weighted by Gasteiger charge is 2.21. The number of hydrogen-bond acceptors (Lipinski definition) is 4. The van der Waals surface area contributed by atoms with Gasteiger partial charge in [0.25, 0.3) is 0 Å². The summed E-state index contributed by atoms with van der Waals surface area (Å²) < 4.78 is 26.7. The van der Waals surface area contributed by atoms with Crippen molar-refractivity contribution >= 4 is 21.7 Å². The number of hydrogen-bond donors (Lipinski definition) is 1. The van der Waals surface area contributed by atoms with Crippen LogP contribution in [-0.2, 0) is 14.8 Å². The molecular formula is C22H26N4O3S. The van der Waals surface area contributed by atoms with Gasteiger partial charge in [-0.1, -0.05) is 55.0 Å². The number of sulfonamides is 1. The van der Waals surface area contributed by atoms with Crippen LogP contribution < -0.4 is 5.32 Å². The first-order valence-corrected chi connectivity index (χ1v) is 11.6. The van der Waals surface area contributed by atoms with Gasteiger partial charge in [0.1, 0.15) is 5.82 Å². The van der Waals surface area contributed by atoms with Crippen LogP contribution in [0.2, 0.25) is 0 Å². The topological polar surface area (TPSA) is 84.3 Å². The molecule has 1 aromatic heterocycles. The minimum absolute atomic E-state index is 0.244. The maximum Gasteiger partial charge on any atom is 0.240 e. The van der Waals surface area contributed by atoms with Crippen LogP contribution in [0.1, 0.15) is 18.9 Å². The zero-order valence-electron chi connectivity index (χ0n) is 17.4. The number of aromatic nitrogens is 2. The number of anilines is 1. The van der Waals surface area contributed by atoms with Gasteiger partial charge in [0.2, 0.25) is 15.9 Å². The number of rotatable bonds is 8. The summed E-state index contributed by atoms with van der Waals surface area (Å²) in [5.41, 5.74) is 3.54. The van der Waals surface area contributed by atoms with Gasteiger partial charge in [-0.05, 0) is 25.5 Å².